The Hall–Kier alpha value is -2.54. The molecule has 0 bridgehead atoms. The number of hydrogen-bond donors (Lipinski definition) is 2. The minimum atomic E-state index is -4.17. The molecule has 2 aromatic heterocycles. The lowest BCUT2D eigenvalue weighted by Crippen LogP contribution is -2.17. The van der Waals surface area contributed by atoms with Crippen LogP contribution in [0.4, 0.5) is 11.6 Å². The van der Waals surface area contributed by atoms with Gasteiger partial charge in [0.25, 0.3) is 20.0 Å². The highest BCUT2D eigenvalue weighted by Crippen LogP contribution is 2.29. The van der Waals surface area contributed by atoms with Crippen molar-refractivity contribution in [2.75, 3.05) is 9.44 Å². The van der Waals surface area contributed by atoms with E-state index in [1.165, 1.54) is 18.2 Å². The van der Waals surface area contributed by atoms with Crippen molar-refractivity contribution in [1.82, 2.24) is 9.97 Å². The van der Waals surface area contributed by atoms with Crippen molar-refractivity contribution in [2.45, 2.75) is 9.79 Å². The second kappa shape index (κ2) is 8.77. The van der Waals surface area contributed by atoms with Crippen molar-refractivity contribution >= 4 is 74.3 Å². The molecule has 0 atom stereocenters. The Morgan fingerprint density at radius 2 is 1.22 bits per heavy atom. The molecule has 4 aromatic rings. The topological polar surface area (TPSA) is 118 Å². The number of nitrogens with one attached hydrogen (secondary N) is 2. The lowest BCUT2D eigenvalue weighted by Gasteiger charge is -2.13. The highest BCUT2D eigenvalue weighted by atomic mass is 79.9. The fourth-order valence-corrected chi connectivity index (χ4v) is 6.03. The molecule has 8 nitrogen and oxygen atoms in total. The number of nitrogens with zero attached hydrogens (tertiary/aromatic N) is 2. The summed E-state index contributed by atoms with van der Waals surface area (Å²) >= 11 is 6.39. The van der Waals surface area contributed by atoms with E-state index in [-0.39, 0.29) is 21.4 Å². The Morgan fingerprint density at radius 1 is 0.656 bits per heavy atom. The van der Waals surface area contributed by atoms with Crippen molar-refractivity contribution < 1.29 is 16.8 Å². The summed E-state index contributed by atoms with van der Waals surface area (Å²) in [5, 5.41) is 0.815. The predicted octanol–water partition coefficient (Wildman–Crippen LogP) is 4.76. The summed E-state index contributed by atoms with van der Waals surface area (Å²) in [6, 6.07) is 18.7. The molecule has 0 aliphatic rings. The molecule has 32 heavy (non-hydrogen) atoms. The van der Waals surface area contributed by atoms with Crippen LogP contribution >= 0.6 is 31.9 Å². The molecule has 0 fully saturated rings. The molecular weight excluding hydrogens is 584 g/mol. The van der Waals surface area contributed by atoms with Crippen molar-refractivity contribution in [3.05, 3.63) is 82.0 Å². The molecule has 2 heterocycles. The lowest BCUT2D eigenvalue weighted by molar-refractivity contribution is 0.600. The predicted molar refractivity (Wildman–Crippen MR) is 129 cm³/mol. The van der Waals surface area contributed by atoms with Crippen LogP contribution in [0.15, 0.2) is 91.8 Å². The molecule has 12 heteroatoms. The third kappa shape index (κ3) is 4.93. The van der Waals surface area contributed by atoms with Gasteiger partial charge in [0.1, 0.15) is 20.8 Å². The minimum absolute atomic E-state index is 0.0909. The van der Waals surface area contributed by atoms with Gasteiger partial charge < -0.3 is 0 Å². The van der Waals surface area contributed by atoms with Gasteiger partial charge in [-0.15, -0.1) is 0 Å². The van der Waals surface area contributed by atoms with Gasteiger partial charge in [-0.2, -0.15) is 0 Å². The summed E-state index contributed by atoms with van der Waals surface area (Å²) in [6.45, 7) is 0. The number of hydrogen-bond acceptors (Lipinski definition) is 6. The second-order valence-electron chi connectivity index (χ2n) is 6.54. The largest absolute Gasteiger partial charge is 0.263 e. The Kier molecular flexibility index (Phi) is 6.21. The number of fused-ring (bicyclic) bond motifs is 1. The molecule has 0 amide bonds. The van der Waals surface area contributed by atoms with Crippen LogP contribution in [0.5, 0.6) is 0 Å². The van der Waals surface area contributed by atoms with Gasteiger partial charge in [0.05, 0.1) is 9.79 Å². The van der Waals surface area contributed by atoms with Gasteiger partial charge in [-0.05, 0) is 73.6 Å². The molecule has 0 saturated carbocycles. The average Bonchev–Trinajstić information content (AvgIpc) is 2.72. The maximum Gasteiger partial charge on any atom is 0.263 e. The van der Waals surface area contributed by atoms with Crippen molar-refractivity contribution in [3.63, 3.8) is 0 Å². The van der Waals surface area contributed by atoms with Gasteiger partial charge in [-0.25, -0.2) is 26.8 Å². The number of sulfonamides is 2. The van der Waals surface area contributed by atoms with Crippen molar-refractivity contribution in [1.29, 1.82) is 0 Å². The number of aromatic nitrogens is 2. The van der Waals surface area contributed by atoms with Crippen molar-refractivity contribution in [3.8, 4) is 0 Å². The molecule has 0 spiro atoms. The minimum Gasteiger partial charge on any atom is -0.263 e. The van der Waals surface area contributed by atoms with E-state index in [1.807, 2.05) is 0 Å². The van der Waals surface area contributed by atoms with E-state index in [0.29, 0.717) is 20.0 Å². The summed E-state index contributed by atoms with van der Waals surface area (Å²) in [5.74, 6) is 0.182. The molecule has 0 saturated heterocycles. The van der Waals surface area contributed by atoms with Crippen LogP contribution in [0.2, 0.25) is 0 Å². The smallest absolute Gasteiger partial charge is 0.263 e. The van der Waals surface area contributed by atoms with Gasteiger partial charge in [-0.3, -0.25) is 9.44 Å². The number of halogens is 2. The summed E-state index contributed by atoms with van der Waals surface area (Å²) in [5.41, 5.74) is 0. The van der Waals surface area contributed by atoms with Gasteiger partial charge in [0, 0.05) is 5.39 Å². The molecule has 4 rings (SSSR count). The van der Waals surface area contributed by atoms with Crippen LogP contribution in [-0.2, 0) is 20.0 Å². The zero-order valence-corrected chi connectivity index (χ0v) is 20.8. The van der Waals surface area contributed by atoms with Crippen LogP contribution < -0.4 is 9.44 Å². The van der Waals surface area contributed by atoms with Crippen LogP contribution in [0.25, 0.3) is 10.8 Å². The molecule has 0 aliphatic carbocycles. The summed E-state index contributed by atoms with van der Waals surface area (Å²) < 4.78 is 58.2. The Balaban J connectivity index is 1.83. The fraction of sp³-hybridized carbons (Fsp3) is 0. The van der Waals surface area contributed by atoms with Crippen LogP contribution in [0, 0.1) is 0 Å². The number of anilines is 2. The number of rotatable bonds is 6. The van der Waals surface area contributed by atoms with Gasteiger partial charge in [0.2, 0.25) is 0 Å². The van der Waals surface area contributed by atoms with Crippen LogP contribution in [0.1, 0.15) is 0 Å². The molecule has 164 valence electrons. The Bertz CT molecular complexity index is 1540. The average molecular weight is 598 g/mol. The third-order valence-corrected chi connectivity index (χ3v) is 7.92. The number of pyridine rings is 2. The van der Waals surface area contributed by atoms with Gasteiger partial charge in [-0.1, -0.05) is 36.4 Å². The lowest BCUT2D eigenvalue weighted by atomic mass is 10.1. The molecule has 0 radical (unpaired) electrons. The third-order valence-electron chi connectivity index (χ3n) is 4.31. The first-order valence-corrected chi connectivity index (χ1v) is 13.5. The van der Waals surface area contributed by atoms with E-state index in [9.17, 15) is 16.8 Å². The van der Waals surface area contributed by atoms with Crippen LogP contribution in [-0.4, -0.2) is 26.8 Å². The van der Waals surface area contributed by atoms with E-state index < -0.39 is 20.0 Å². The van der Waals surface area contributed by atoms with E-state index in [4.69, 9.17) is 0 Å². The maximum atomic E-state index is 13.2. The zero-order valence-electron chi connectivity index (χ0n) is 16.0. The van der Waals surface area contributed by atoms with E-state index in [0.717, 1.165) is 6.07 Å². The van der Waals surface area contributed by atoms with Crippen LogP contribution in [0.3, 0.4) is 0 Å². The normalized spacial score (nSPS) is 11.9. The van der Waals surface area contributed by atoms with E-state index in [1.54, 1.807) is 48.5 Å². The Labute approximate surface area is 201 Å². The summed E-state index contributed by atoms with van der Waals surface area (Å²) in [4.78, 5) is 7.73. The van der Waals surface area contributed by atoms with Crippen molar-refractivity contribution in [2.24, 2.45) is 0 Å². The van der Waals surface area contributed by atoms with E-state index in [2.05, 4.69) is 51.3 Å². The summed E-state index contributed by atoms with van der Waals surface area (Å²) in [6.07, 6.45) is 0. The first-order valence-electron chi connectivity index (χ1n) is 8.98. The van der Waals surface area contributed by atoms with E-state index >= 15 is 0 Å². The highest BCUT2D eigenvalue weighted by molar-refractivity contribution is 9.10. The quantitative estimate of drug-likeness (QED) is 0.310. The Morgan fingerprint density at radius 3 is 1.81 bits per heavy atom. The highest BCUT2D eigenvalue weighted by Gasteiger charge is 2.24. The first kappa shape index (κ1) is 22.6. The molecule has 2 N–H and O–H groups in total. The molecule has 0 unspecified atom stereocenters. The maximum absolute atomic E-state index is 13.2. The molecular formula is C20H14Br2N4O4S2. The SMILES string of the molecule is O=S(=O)(Nc1cccc(Br)n1)c1cc(S(=O)(=O)Nc2cccc(Br)n2)c2ccccc2c1. The first-order chi connectivity index (χ1) is 15.1. The second-order valence-corrected chi connectivity index (χ2v) is 11.5. The zero-order chi connectivity index (χ0) is 22.9. The molecule has 2 aromatic carbocycles. The van der Waals surface area contributed by atoms with Gasteiger partial charge in [0.15, 0.2) is 0 Å². The standard InChI is InChI=1S/C20H14Br2N4O4S2/c21-17-7-3-9-19(23-17)25-31(27,28)14-11-13-5-1-2-6-15(13)16(12-14)32(29,30)26-20-10-4-8-18(22)24-20/h1-12H,(H,23,25)(H,24,26). The summed E-state index contributed by atoms with van der Waals surface area (Å²) in [7, 11) is -8.30. The number of benzene rings is 2. The fourth-order valence-electron chi connectivity index (χ4n) is 2.95. The molecule has 0 aliphatic heterocycles. The van der Waals surface area contributed by atoms with Gasteiger partial charge >= 0.3 is 0 Å². The monoisotopic (exact) mass is 596 g/mol.